The third-order valence-corrected chi connectivity index (χ3v) is 4.43. The van der Waals surface area contributed by atoms with Crippen LogP contribution in [0.25, 0.3) is 0 Å². The monoisotopic (exact) mass is 244 g/mol. The van der Waals surface area contributed by atoms with E-state index in [1.807, 2.05) is 11.8 Å². The van der Waals surface area contributed by atoms with E-state index < -0.39 is 0 Å². The van der Waals surface area contributed by atoms with Crippen molar-refractivity contribution in [3.05, 3.63) is 16.1 Å². The van der Waals surface area contributed by atoms with Crippen LogP contribution in [-0.4, -0.2) is 10.7 Å². The molecule has 1 aromatic rings. The van der Waals surface area contributed by atoms with Gasteiger partial charge < -0.3 is 5.73 Å². The fraction of sp³-hybridized carbons (Fsp3) is 0.727. The van der Waals surface area contributed by atoms with E-state index in [0.29, 0.717) is 5.92 Å². The minimum Gasteiger partial charge on any atom is -0.322 e. The van der Waals surface area contributed by atoms with Crippen LogP contribution in [0.4, 0.5) is 0 Å². The Bertz CT molecular complexity index is 284. The highest BCUT2D eigenvalue weighted by molar-refractivity contribution is 7.98. The van der Waals surface area contributed by atoms with Gasteiger partial charge >= 0.3 is 0 Å². The first-order valence-corrected chi connectivity index (χ1v) is 7.46. The molecule has 1 aromatic heterocycles. The molecule has 0 fully saturated rings. The molecular weight excluding hydrogens is 224 g/mol. The molecule has 0 saturated carbocycles. The van der Waals surface area contributed by atoms with Crippen molar-refractivity contribution >= 4 is 23.1 Å². The van der Waals surface area contributed by atoms with Gasteiger partial charge in [0.1, 0.15) is 5.01 Å². The summed E-state index contributed by atoms with van der Waals surface area (Å²) in [5, 5.41) is 3.31. The standard InChI is InChI=1S/C11H20N2S2/c1-4-5-14-7-10-13-9(6-15-10)11(12)8(2)3/h6,8,11H,4-5,7,12H2,1-3H3. The molecule has 1 atom stereocenters. The Morgan fingerprint density at radius 3 is 2.87 bits per heavy atom. The van der Waals surface area contributed by atoms with Crippen LogP contribution in [0, 0.1) is 5.92 Å². The Kier molecular flexibility index (Phi) is 5.64. The largest absolute Gasteiger partial charge is 0.322 e. The molecule has 0 spiro atoms. The number of aromatic nitrogens is 1. The fourth-order valence-electron chi connectivity index (χ4n) is 1.19. The van der Waals surface area contributed by atoms with E-state index in [-0.39, 0.29) is 6.04 Å². The van der Waals surface area contributed by atoms with E-state index in [9.17, 15) is 0 Å². The van der Waals surface area contributed by atoms with Gasteiger partial charge in [0.25, 0.3) is 0 Å². The molecule has 1 unspecified atom stereocenters. The predicted octanol–water partition coefficient (Wildman–Crippen LogP) is 3.44. The van der Waals surface area contributed by atoms with E-state index in [2.05, 4.69) is 31.1 Å². The summed E-state index contributed by atoms with van der Waals surface area (Å²) in [7, 11) is 0. The Balaban J connectivity index is 2.48. The lowest BCUT2D eigenvalue weighted by Crippen LogP contribution is -2.16. The summed E-state index contributed by atoms with van der Waals surface area (Å²) in [6, 6.07) is 0.0891. The minimum atomic E-state index is 0.0891. The zero-order chi connectivity index (χ0) is 11.3. The molecule has 0 bridgehead atoms. The van der Waals surface area contributed by atoms with Crippen LogP contribution >= 0.6 is 23.1 Å². The number of thioether (sulfide) groups is 1. The van der Waals surface area contributed by atoms with E-state index in [0.717, 1.165) is 11.4 Å². The van der Waals surface area contributed by atoms with Gasteiger partial charge in [0.05, 0.1) is 11.7 Å². The number of nitrogens with two attached hydrogens (primary N) is 1. The lowest BCUT2D eigenvalue weighted by Gasteiger charge is -2.11. The molecule has 0 aliphatic heterocycles. The third-order valence-electron chi connectivity index (χ3n) is 2.20. The number of thiazole rings is 1. The van der Waals surface area contributed by atoms with E-state index >= 15 is 0 Å². The van der Waals surface area contributed by atoms with Gasteiger partial charge in [0.15, 0.2) is 0 Å². The first-order chi connectivity index (χ1) is 7.15. The second-order valence-corrected chi connectivity index (χ2v) is 6.04. The number of hydrogen-bond acceptors (Lipinski definition) is 4. The van der Waals surface area contributed by atoms with E-state index in [4.69, 9.17) is 5.73 Å². The average Bonchev–Trinajstić information content (AvgIpc) is 2.65. The second-order valence-electron chi connectivity index (χ2n) is 3.99. The predicted molar refractivity (Wildman–Crippen MR) is 70.3 cm³/mol. The van der Waals surface area contributed by atoms with Gasteiger partial charge in [-0.3, -0.25) is 0 Å². The smallest absolute Gasteiger partial charge is 0.103 e. The summed E-state index contributed by atoms with van der Waals surface area (Å²) in [6.45, 7) is 6.47. The normalized spacial score (nSPS) is 13.4. The summed E-state index contributed by atoms with van der Waals surface area (Å²) in [5.41, 5.74) is 7.10. The maximum Gasteiger partial charge on any atom is 0.103 e. The molecular formula is C11H20N2S2. The van der Waals surface area contributed by atoms with Crippen molar-refractivity contribution in [3.8, 4) is 0 Å². The van der Waals surface area contributed by atoms with Crippen molar-refractivity contribution in [2.75, 3.05) is 5.75 Å². The van der Waals surface area contributed by atoms with Crippen molar-refractivity contribution in [2.45, 2.75) is 39.0 Å². The lowest BCUT2D eigenvalue weighted by molar-refractivity contribution is 0.504. The quantitative estimate of drug-likeness (QED) is 0.779. The van der Waals surface area contributed by atoms with Crippen molar-refractivity contribution in [3.63, 3.8) is 0 Å². The highest BCUT2D eigenvalue weighted by Crippen LogP contribution is 2.23. The Morgan fingerprint density at radius 2 is 2.27 bits per heavy atom. The Morgan fingerprint density at radius 1 is 1.53 bits per heavy atom. The van der Waals surface area contributed by atoms with Crippen LogP contribution in [0.2, 0.25) is 0 Å². The molecule has 0 amide bonds. The van der Waals surface area contributed by atoms with E-state index in [1.165, 1.54) is 17.2 Å². The maximum atomic E-state index is 6.04. The Hall–Kier alpha value is -0.0600. The first-order valence-electron chi connectivity index (χ1n) is 5.42. The molecule has 0 saturated heterocycles. The van der Waals surface area contributed by atoms with Gasteiger partial charge in [-0.15, -0.1) is 11.3 Å². The summed E-state index contributed by atoms with van der Waals surface area (Å²) >= 11 is 3.68. The van der Waals surface area contributed by atoms with Crippen LogP contribution in [0.1, 0.15) is 43.9 Å². The molecule has 0 aliphatic rings. The summed E-state index contributed by atoms with van der Waals surface area (Å²) in [4.78, 5) is 4.58. The maximum absolute atomic E-state index is 6.04. The highest BCUT2D eigenvalue weighted by atomic mass is 32.2. The lowest BCUT2D eigenvalue weighted by atomic mass is 10.0. The Labute approximate surface area is 101 Å². The SMILES string of the molecule is CCCSCc1nc(C(N)C(C)C)cs1. The number of rotatable bonds is 6. The van der Waals surface area contributed by atoms with Gasteiger partial charge in [-0.05, 0) is 18.1 Å². The summed E-state index contributed by atoms with van der Waals surface area (Å²) in [6.07, 6.45) is 1.23. The molecule has 1 rings (SSSR count). The molecule has 0 aromatic carbocycles. The van der Waals surface area contributed by atoms with Crippen LogP contribution in [0.5, 0.6) is 0 Å². The van der Waals surface area contributed by atoms with Crippen molar-refractivity contribution < 1.29 is 0 Å². The van der Waals surface area contributed by atoms with Gasteiger partial charge in [-0.1, -0.05) is 20.8 Å². The van der Waals surface area contributed by atoms with Crippen molar-refractivity contribution in [2.24, 2.45) is 11.7 Å². The fourth-order valence-corrected chi connectivity index (χ4v) is 3.01. The summed E-state index contributed by atoms with van der Waals surface area (Å²) < 4.78 is 0. The van der Waals surface area contributed by atoms with Crippen molar-refractivity contribution in [1.29, 1.82) is 0 Å². The van der Waals surface area contributed by atoms with Crippen LogP contribution in [0.3, 0.4) is 0 Å². The highest BCUT2D eigenvalue weighted by Gasteiger charge is 2.13. The molecule has 86 valence electrons. The van der Waals surface area contributed by atoms with Crippen LogP contribution in [0.15, 0.2) is 5.38 Å². The molecule has 0 aliphatic carbocycles. The van der Waals surface area contributed by atoms with Gasteiger partial charge in [-0.2, -0.15) is 11.8 Å². The molecule has 1 heterocycles. The van der Waals surface area contributed by atoms with Gasteiger partial charge in [0.2, 0.25) is 0 Å². The molecule has 2 nitrogen and oxygen atoms in total. The molecule has 0 radical (unpaired) electrons. The van der Waals surface area contributed by atoms with Gasteiger partial charge in [-0.25, -0.2) is 4.98 Å². The topological polar surface area (TPSA) is 38.9 Å². The third kappa shape index (κ3) is 4.13. The molecule has 4 heteroatoms. The zero-order valence-corrected chi connectivity index (χ0v) is 11.3. The first kappa shape index (κ1) is 13.0. The minimum absolute atomic E-state index is 0.0891. The number of nitrogens with zero attached hydrogens (tertiary/aromatic N) is 1. The zero-order valence-electron chi connectivity index (χ0n) is 9.69. The van der Waals surface area contributed by atoms with Gasteiger partial charge in [0, 0.05) is 11.1 Å². The van der Waals surface area contributed by atoms with Crippen molar-refractivity contribution in [1.82, 2.24) is 4.98 Å². The molecule has 2 N–H and O–H groups in total. The summed E-state index contributed by atoms with van der Waals surface area (Å²) in [5.74, 6) is 2.71. The second kappa shape index (κ2) is 6.51. The van der Waals surface area contributed by atoms with Crippen LogP contribution < -0.4 is 5.73 Å². The van der Waals surface area contributed by atoms with Crippen LogP contribution in [-0.2, 0) is 5.75 Å². The average molecular weight is 244 g/mol. The van der Waals surface area contributed by atoms with E-state index in [1.54, 1.807) is 11.3 Å². The molecule has 15 heavy (non-hydrogen) atoms. The number of hydrogen-bond donors (Lipinski definition) is 1.